The van der Waals surface area contributed by atoms with Crippen LogP contribution >= 0.6 is 11.3 Å². The van der Waals surface area contributed by atoms with Crippen molar-refractivity contribution in [2.75, 3.05) is 11.4 Å². The fourth-order valence-electron chi connectivity index (χ4n) is 3.90. The van der Waals surface area contributed by atoms with E-state index >= 15 is 0 Å². The number of fused-ring (bicyclic) bond motifs is 1. The lowest BCUT2D eigenvalue weighted by Gasteiger charge is -2.23. The van der Waals surface area contributed by atoms with Gasteiger partial charge in [-0.3, -0.25) is 9.59 Å². The molecule has 5 rings (SSSR count). The molecule has 1 saturated heterocycles. The van der Waals surface area contributed by atoms with Crippen molar-refractivity contribution in [3.63, 3.8) is 0 Å². The van der Waals surface area contributed by atoms with Gasteiger partial charge >= 0.3 is 0 Å². The maximum Gasteiger partial charge on any atom is 0.278 e. The number of aromatic amines is 1. The summed E-state index contributed by atoms with van der Waals surface area (Å²) in [5, 5.41) is 3.50. The maximum atomic E-state index is 13.6. The van der Waals surface area contributed by atoms with Crippen LogP contribution in [0.5, 0.6) is 0 Å². The number of carbonyl (C=O) groups is 1. The molecule has 0 spiro atoms. The van der Waals surface area contributed by atoms with Crippen LogP contribution in [0.25, 0.3) is 21.7 Å². The minimum atomic E-state index is -1.03. The molecule has 1 amide bonds. The molecule has 2 N–H and O–H groups in total. The summed E-state index contributed by atoms with van der Waals surface area (Å²) in [7, 11) is 0. The quantitative estimate of drug-likeness (QED) is 0.468. The Morgan fingerprint density at radius 1 is 1.15 bits per heavy atom. The summed E-state index contributed by atoms with van der Waals surface area (Å²) in [6, 6.07) is 12.6. The van der Waals surface area contributed by atoms with Crippen LogP contribution in [-0.4, -0.2) is 33.4 Å². The number of hydrogen-bond donors (Lipinski definition) is 2. The van der Waals surface area contributed by atoms with Gasteiger partial charge in [-0.05, 0) is 36.6 Å². The largest absolute Gasteiger partial charge is 0.350 e. The van der Waals surface area contributed by atoms with Crippen LogP contribution in [0.15, 0.2) is 53.3 Å². The zero-order chi connectivity index (χ0) is 22.9. The van der Waals surface area contributed by atoms with E-state index in [1.54, 1.807) is 0 Å². The number of halogens is 2. The zero-order valence-corrected chi connectivity index (χ0v) is 18.2. The number of hydrogen-bond acceptors (Lipinski definition) is 6. The van der Waals surface area contributed by atoms with Crippen LogP contribution in [0.1, 0.15) is 18.4 Å². The summed E-state index contributed by atoms with van der Waals surface area (Å²) in [5.74, 6) is -1.98. The number of amides is 1. The Balaban J connectivity index is 1.40. The Hall–Kier alpha value is -3.66. The van der Waals surface area contributed by atoms with Crippen molar-refractivity contribution in [1.29, 1.82) is 0 Å². The maximum absolute atomic E-state index is 13.6. The number of anilines is 1. The molecule has 4 aromatic rings. The highest BCUT2D eigenvalue weighted by Crippen LogP contribution is 2.32. The van der Waals surface area contributed by atoms with E-state index in [-0.39, 0.29) is 28.9 Å². The summed E-state index contributed by atoms with van der Waals surface area (Å²) in [6.07, 6.45) is 1.50. The molecule has 0 radical (unpaired) electrons. The molecular formula is C23H19F2N5O2S. The number of nitrogens with one attached hydrogen (secondary N) is 2. The van der Waals surface area contributed by atoms with Crippen molar-refractivity contribution in [2.24, 2.45) is 0 Å². The molecular weight excluding hydrogens is 448 g/mol. The van der Waals surface area contributed by atoms with E-state index in [9.17, 15) is 18.4 Å². The monoisotopic (exact) mass is 467 g/mol. The molecule has 0 bridgehead atoms. The molecule has 168 valence electrons. The van der Waals surface area contributed by atoms with Gasteiger partial charge in [0.2, 0.25) is 5.91 Å². The Labute approximate surface area is 191 Å². The number of carbonyl (C=O) groups excluding carboxylic acids is 1. The van der Waals surface area contributed by atoms with Crippen LogP contribution in [0, 0.1) is 11.6 Å². The number of H-pyrrole nitrogens is 1. The van der Waals surface area contributed by atoms with Gasteiger partial charge in [0.05, 0.1) is 0 Å². The third-order valence-electron chi connectivity index (χ3n) is 5.56. The highest BCUT2D eigenvalue weighted by Gasteiger charge is 2.33. The zero-order valence-electron chi connectivity index (χ0n) is 17.3. The summed E-state index contributed by atoms with van der Waals surface area (Å²) < 4.78 is 26.9. The van der Waals surface area contributed by atoms with E-state index < -0.39 is 17.2 Å². The van der Waals surface area contributed by atoms with Crippen LogP contribution in [0.4, 0.5) is 13.9 Å². The van der Waals surface area contributed by atoms with Crippen molar-refractivity contribution in [1.82, 2.24) is 20.3 Å². The molecule has 2 aromatic carbocycles. The second-order valence-corrected chi connectivity index (χ2v) is 8.70. The third kappa shape index (κ3) is 4.21. The SMILES string of the molecule is O=C(NCc1ccccc1)C1CCCN1c1nc2c(=O)[nH]c(-c3ccc(F)c(F)c3)nc2s1. The van der Waals surface area contributed by atoms with Gasteiger partial charge in [0.1, 0.15) is 11.9 Å². The van der Waals surface area contributed by atoms with Crippen molar-refractivity contribution >= 4 is 32.7 Å². The highest BCUT2D eigenvalue weighted by atomic mass is 32.1. The van der Waals surface area contributed by atoms with Crippen LogP contribution in [0.2, 0.25) is 0 Å². The fraction of sp³-hybridized carbons (Fsp3) is 0.217. The second kappa shape index (κ2) is 8.70. The van der Waals surface area contributed by atoms with Crippen molar-refractivity contribution in [3.05, 3.63) is 76.1 Å². The third-order valence-corrected chi connectivity index (χ3v) is 6.55. The Morgan fingerprint density at radius 2 is 1.97 bits per heavy atom. The fourth-order valence-corrected chi connectivity index (χ4v) is 4.91. The summed E-state index contributed by atoms with van der Waals surface area (Å²) in [6.45, 7) is 1.07. The first kappa shape index (κ1) is 21.2. The minimum Gasteiger partial charge on any atom is -0.350 e. The van der Waals surface area contributed by atoms with Gasteiger partial charge in [-0.15, -0.1) is 0 Å². The van der Waals surface area contributed by atoms with Gasteiger partial charge in [0.25, 0.3) is 5.56 Å². The predicted octanol–water partition coefficient (Wildman–Crippen LogP) is 3.61. The average molecular weight is 468 g/mol. The van der Waals surface area contributed by atoms with Crippen molar-refractivity contribution in [2.45, 2.75) is 25.4 Å². The smallest absolute Gasteiger partial charge is 0.278 e. The first-order valence-electron chi connectivity index (χ1n) is 10.4. The average Bonchev–Trinajstić information content (AvgIpc) is 3.47. The molecule has 1 atom stereocenters. The molecule has 7 nitrogen and oxygen atoms in total. The Kier molecular flexibility index (Phi) is 5.59. The molecule has 2 aromatic heterocycles. The van der Waals surface area contributed by atoms with E-state index in [4.69, 9.17) is 0 Å². The topological polar surface area (TPSA) is 91.0 Å². The van der Waals surface area contributed by atoms with Gasteiger partial charge in [0.15, 0.2) is 27.1 Å². The first-order valence-corrected chi connectivity index (χ1v) is 11.3. The lowest BCUT2D eigenvalue weighted by Crippen LogP contribution is -2.43. The predicted molar refractivity (Wildman–Crippen MR) is 122 cm³/mol. The van der Waals surface area contributed by atoms with Gasteiger partial charge in [-0.25, -0.2) is 18.7 Å². The van der Waals surface area contributed by atoms with Crippen LogP contribution < -0.4 is 15.8 Å². The standard InChI is InChI=1S/C23H19F2N5O2S/c24-15-9-8-14(11-16(15)25)19-28-21(32)18-22(29-19)33-23(27-18)30-10-4-7-17(30)20(31)26-12-13-5-2-1-3-6-13/h1-3,5-6,8-9,11,17H,4,7,10,12H2,(H,26,31)(H,28,29,32). The molecule has 1 aliphatic rings. The molecule has 10 heteroatoms. The molecule has 1 fully saturated rings. The van der Waals surface area contributed by atoms with E-state index in [0.29, 0.717) is 29.5 Å². The summed E-state index contributed by atoms with van der Waals surface area (Å²) in [5.41, 5.74) is 0.932. The van der Waals surface area contributed by atoms with Crippen LogP contribution in [-0.2, 0) is 11.3 Å². The highest BCUT2D eigenvalue weighted by molar-refractivity contribution is 7.21. The van der Waals surface area contributed by atoms with E-state index in [2.05, 4.69) is 20.3 Å². The molecule has 1 aliphatic heterocycles. The summed E-state index contributed by atoms with van der Waals surface area (Å²) in [4.78, 5) is 39.1. The lowest BCUT2D eigenvalue weighted by molar-refractivity contribution is -0.122. The van der Waals surface area contributed by atoms with Crippen molar-refractivity contribution < 1.29 is 13.6 Å². The molecule has 0 aliphatic carbocycles. The number of benzene rings is 2. The van der Waals surface area contributed by atoms with E-state index in [1.807, 2.05) is 35.2 Å². The van der Waals surface area contributed by atoms with Gasteiger partial charge in [-0.1, -0.05) is 41.7 Å². The number of nitrogens with zero attached hydrogens (tertiary/aromatic N) is 3. The Bertz CT molecular complexity index is 1390. The molecule has 0 saturated carbocycles. The molecule has 1 unspecified atom stereocenters. The number of thiazole rings is 1. The van der Waals surface area contributed by atoms with Crippen molar-refractivity contribution in [3.8, 4) is 11.4 Å². The molecule has 33 heavy (non-hydrogen) atoms. The first-order chi connectivity index (χ1) is 16.0. The minimum absolute atomic E-state index is 0.0973. The second-order valence-electron chi connectivity index (χ2n) is 7.75. The number of aromatic nitrogens is 3. The van der Waals surface area contributed by atoms with Crippen LogP contribution in [0.3, 0.4) is 0 Å². The molecule has 3 heterocycles. The Morgan fingerprint density at radius 3 is 2.76 bits per heavy atom. The summed E-state index contributed by atoms with van der Waals surface area (Å²) >= 11 is 1.20. The van der Waals surface area contributed by atoms with Gasteiger partial charge < -0.3 is 15.2 Å². The lowest BCUT2D eigenvalue weighted by atomic mass is 10.2. The van der Waals surface area contributed by atoms with E-state index in [0.717, 1.165) is 24.1 Å². The van der Waals surface area contributed by atoms with E-state index in [1.165, 1.54) is 17.4 Å². The van der Waals surface area contributed by atoms with Gasteiger partial charge in [0, 0.05) is 18.7 Å². The normalized spacial score (nSPS) is 15.8. The number of rotatable bonds is 5. The van der Waals surface area contributed by atoms with Gasteiger partial charge in [-0.2, -0.15) is 0 Å².